The van der Waals surface area contributed by atoms with Crippen molar-refractivity contribution in [1.82, 2.24) is 8.80 Å². The van der Waals surface area contributed by atoms with E-state index in [0.29, 0.717) is 77.0 Å². The first-order chi connectivity index (χ1) is 53.2. The lowest BCUT2D eigenvalue weighted by molar-refractivity contribution is 0.421. The smallest absolute Gasteiger partial charge is 0.0645 e. The van der Waals surface area contributed by atoms with Crippen LogP contribution in [0.1, 0.15) is 114 Å². The normalized spacial score (nSPS) is 24.9. The second kappa shape index (κ2) is 17.6. The Morgan fingerprint density at radius 1 is 0.357 bits per heavy atom. The molecule has 4 fully saturated rings. The van der Waals surface area contributed by atoms with Gasteiger partial charge in [-0.2, -0.15) is 0 Å². The van der Waals surface area contributed by atoms with E-state index in [2.05, 4.69) is 33.1 Å². The van der Waals surface area contributed by atoms with Crippen molar-refractivity contribution in [3.05, 3.63) is 253 Å². The van der Waals surface area contributed by atoms with Crippen LogP contribution >= 0.6 is 0 Å². The van der Waals surface area contributed by atoms with Crippen molar-refractivity contribution in [2.45, 2.75) is 75.0 Å². The van der Waals surface area contributed by atoms with Gasteiger partial charge in [-0.15, -0.1) is 0 Å². The molecule has 0 saturated heterocycles. The van der Waals surface area contributed by atoms with Gasteiger partial charge in [-0.3, -0.25) is 0 Å². The van der Waals surface area contributed by atoms with Crippen molar-refractivity contribution in [2.75, 3.05) is 9.80 Å². The van der Waals surface area contributed by atoms with Crippen LogP contribution in [0.2, 0.25) is 0 Å². The summed E-state index contributed by atoms with van der Waals surface area (Å²) < 4.78 is 265. The van der Waals surface area contributed by atoms with E-state index in [4.69, 9.17) is 13.7 Å². The first-order valence-electron chi connectivity index (χ1n) is 42.7. The van der Waals surface area contributed by atoms with Gasteiger partial charge in [0.1, 0.15) is 0 Å². The summed E-state index contributed by atoms with van der Waals surface area (Å²) in [6.07, 6.45) is 8.93. The molecule has 4 bridgehead atoms. The van der Waals surface area contributed by atoms with Crippen molar-refractivity contribution in [1.29, 1.82) is 0 Å². The van der Waals surface area contributed by atoms with Gasteiger partial charge in [-0.05, 0) is 170 Å². The number of fused-ring (bicyclic) bond motifs is 16. The second-order valence-corrected chi connectivity index (χ2v) is 23.6. The highest BCUT2D eigenvalue weighted by Gasteiger charge is 2.49. The van der Waals surface area contributed by atoms with Crippen LogP contribution in [0.25, 0.3) is 98.4 Å². The average Bonchev–Trinajstić information content (AvgIpc) is 1.51. The molecule has 4 heteroatoms. The Balaban J connectivity index is 0.989. The molecule has 0 atom stereocenters. The third kappa shape index (κ3) is 6.43. The zero-order valence-corrected chi connectivity index (χ0v) is 44.9. The van der Waals surface area contributed by atoms with Crippen LogP contribution in [-0.4, -0.2) is 8.80 Å². The standard InChI is InChI=1S/C80H62N4/c1-5-19-53(20-6-1)57-27-13-15-33-67(57)81(55-23-9-3-10-24-55)69-37-35-59-63-47-72-64(48-71(63)83-75-61(73(69)77(59)83)29-17-31-65(75)79-43-39-51(49-79)40-44-79)60-36-38-70(74-62-30-18-32-66(76(62)84(72)78(60)74)80-45-41-52(50-80)42-46-80)82(56-25-11-4-12-26-56)68-34-16-14-28-58(68)54-21-7-2-8-22-54/h1-38,47-48,51-52H,39-46,49-50H2/i1D,2D,3D,4D,5D,6D,7D,8D,9D,10D,11D,12D,13D,14D,15D,16D,19D,20D,21D,22D,23D,24D,25D,26D,27D,28D,33D,34D. The maximum atomic E-state index is 10.0. The Kier molecular flexibility index (Phi) is 5.82. The topological polar surface area (TPSA) is 15.3 Å². The quantitative estimate of drug-likeness (QED) is 0.136. The van der Waals surface area contributed by atoms with Gasteiger partial charge < -0.3 is 18.6 Å². The monoisotopic (exact) mass is 1110 g/mol. The Labute approximate surface area is 528 Å². The summed E-state index contributed by atoms with van der Waals surface area (Å²) >= 11 is 0. The molecule has 4 aromatic heterocycles. The summed E-state index contributed by atoms with van der Waals surface area (Å²) in [5.41, 5.74) is 0.442. The van der Waals surface area contributed by atoms with E-state index in [-0.39, 0.29) is 22.2 Å². The molecule has 19 rings (SSSR count). The van der Waals surface area contributed by atoms with Crippen molar-refractivity contribution >= 4 is 110 Å². The zero-order valence-electron chi connectivity index (χ0n) is 72.9. The molecule has 15 aromatic rings. The van der Waals surface area contributed by atoms with Crippen molar-refractivity contribution < 1.29 is 38.4 Å². The van der Waals surface area contributed by atoms with Crippen molar-refractivity contribution in [3.8, 4) is 22.3 Å². The fourth-order valence-corrected chi connectivity index (χ4v) is 16.5. The highest BCUT2D eigenvalue weighted by atomic mass is 15.2. The Hall–Kier alpha value is -9.38. The summed E-state index contributed by atoms with van der Waals surface area (Å²) in [6, 6.07) is 0.0706. The van der Waals surface area contributed by atoms with E-state index in [9.17, 15) is 24.7 Å². The molecular weight excluding hydrogens is 1020 g/mol. The van der Waals surface area contributed by atoms with E-state index in [1.54, 1.807) is 24.3 Å². The van der Waals surface area contributed by atoms with Crippen LogP contribution in [0.5, 0.6) is 0 Å². The molecule has 4 nitrogen and oxygen atoms in total. The molecule has 0 aliphatic heterocycles. The van der Waals surface area contributed by atoms with E-state index < -0.39 is 214 Å². The van der Waals surface area contributed by atoms with Gasteiger partial charge in [0.2, 0.25) is 0 Å². The van der Waals surface area contributed by atoms with Gasteiger partial charge in [0.15, 0.2) is 0 Å². The van der Waals surface area contributed by atoms with E-state index >= 15 is 0 Å². The van der Waals surface area contributed by atoms with Crippen LogP contribution in [-0.2, 0) is 10.8 Å². The lowest BCUT2D eigenvalue weighted by Gasteiger charge is -2.29. The minimum absolute atomic E-state index is 0.0402. The summed E-state index contributed by atoms with van der Waals surface area (Å²) in [4.78, 5) is 2.34. The predicted octanol–water partition coefficient (Wildman–Crippen LogP) is 21.9. The zero-order chi connectivity index (χ0) is 79.2. The molecule has 0 radical (unpaired) electrons. The molecule has 4 heterocycles. The molecule has 0 unspecified atom stereocenters. The van der Waals surface area contributed by atoms with E-state index in [1.807, 2.05) is 24.3 Å². The van der Waals surface area contributed by atoms with E-state index in [1.165, 1.54) is 9.80 Å². The van der Waals surface area contributed by atoms with Crippen molar-refractivity contribution in [2.24, 2.45) is 11.8 Å². The summed E-state index contributed by atoms with van der Waals surface area (Å²) in [5.74, 6) is 0.852. The van der Waals surface area contributed by atoms with Gasteiger partial charge >= 0.3 is 0 Å². The van der Waals surface area contributed by atoms with E-state index in [0.717, 1.165) is 86.4 Å². The van der Waals surface area contributed by atoms with Gasteiger partial charge in [0, 0.05) is 65.6 Å². The molecule has 4 aliphatic rings. The Morgan fingerprint density at radius 3 is 1.13 bits per heavy atom. The van der Waals surface area contributed by atoms with Gasteiger partial charge in [0.25, 0.3) is 0 Å². The first-order valence-corrected chi connectivity index (χ1v) is 28.7. The molecule has 11 aromatic carbocycles. The van der Waals surface area contributed by atoms with Gasteiger partial charge in [-0.25, -0.2) is 0 Å². The number of benzene rings is 11. The number of anilines is 6. The summed E-state index contributed by atoms with van der Waals surface area (Å²) in [5, 5.41) is 4.58. The average molecular weight is 1110 g/mol. The molecular formula is C80H62N4. The lowest BCUT2D eigenvalue weighted by atomic mass is 9.77. The molecule has 0 spiro atoms. The van der Waals surface area contributed by atoms with Crippen molar-refractivity contribution in [3.63, 3.8) is 0 Å². The molecule has 84 heavy (non-hydrogen) atoms. The largest absolute Gasteiger partial charge is 0.309 e. The second-order valence-electron chi connectivity index (χ2n) is 23.6. The SMILES string of the molecule is [2H]c1c([2H])c([2H])c(-c2c([2H])c([2H])c([2H])c([2H])c2N(c2c([2H])c([2H])c([2H])c([2H])c2[2H])c2ccc3c4cc5c(cc4n4c6c(C78CCC(CC7)C8)cccc6c2c34)c2ccc(N(c3c([2H])c([2H])c([2H])c([2H])c3[2H])c3c([2H])c([2H])c([2H])c([2H])c3-c3c([2H])c([2H])c([2H])c([2H])c3[2H])c3c4cccc(C67CCC(CC6)C7)c4n5c23)c([2H])c1[2H]. The molecule has 4 aliphatic carbocycles. The number of hydrogen-bond donors (Lipinski definition) is 0. The van der Waals surface area contributed by atoms with Gasteiger partial charge in [0.05, 0.1) is 94.2 Å². The van der Waals surface area contributed by atoms with Gasteiger partial charge in [-0.1, -0.05) is 181 Å². The Bertz CT molecular complexity index is 6340. The van der Waals surface area contributed by atoms with Crippen LogP contribution in [0.3, 0.4) is 0 Å². The van der Waals surface area contributed by atoms with Crippen LogP contribution < -0.4 is 9.80 Å². The van der Waals surface area contributed by atoms with Crippen LogP contribution in [0.4, 0.5) is 34.1 Å². The predicted molar refractivity (Wildman–Crippen MR) is 353 cm³/mol. The summed E-state index contributed by atoms with van der Waals surface area (Å²) in [6.45, 7) is 0. The lowest BCUT2D eigenvalue weighted by Crippen LogP contribution is -2.20. The molecule has 0 amide bonds. The highest BCUT2D eigenvalue weighted by Crippen LogP contribution is 2.61. The molecule has 0 N–H and O–H groups in total. The maximum absolute atomic E-state index is 10.0. The minimum Gasteiger partial charge on any atom is -0.309 e. The fourth-order valence-electron chi connectivity index (χ4n) is 16.5. The maximum Gasteiger partial charge on any atom is 0.0645 e. The third-order valence-corrected chi connectivity index (χ3v) is 19.8. The fraction of sp³-hybridized carbons (Fsp3) is 0.175. The number of rotatable bonds is 10. The number of nitrogens with zero attached hydrogens (tertiary/aromatic N) is 4. The molecule has 4 saturated carbocycles. The number of para-hydroxylation sites is 6. The third-order valence-electron chi connectivity index (χ3n) is 19.8. The first kappa shape index (κ1) is 27.8. The minimum atomic E-state index is -0.849. The Morgan fingerprint density at radius 2 is 0.738 bits per heavy atom. The number of hydrogen-bond acceptors (Lipinski definition) is 2. The van der Waals surface area contributed by atoms with Crippen LogP contribution in [0.15, 0.2) is 242 Å². The van der Waals surface area contributed by atoms with Crippen LogP contribution in [0, 0.1) is 11.8 Å². The number of aromatic nitrogens is 2. The molecule has 402 valence electrons. The summed E-state index contributed by atoms with van der Waals surface area (Å²) in [7, 11) is 0. The highest BCUT2D eigenvalue weighted by molar-refractivity contribution is 6.33.